The normalized spacial score (nSPS) is 22.0. The van der Waals surface area contributed by atoms with Gasteiger partial charge in [0, 0.05) is 19.1 Å². The number of ether oxygens (including phenoxy) is 2. The molecule has 2 aliphatic rings. The number of likely N-dealkylation sites (tertiary alicyclic amines) is 1. The van der Waals surface area contributed by atoms with Gasteiger partial charge in [0.15, 0.2) is 11.5 Å². The fraction of sp³-hybridized carbons (Fsp3) is 0.650. The van der Waals surface area contributed by atoms with Gasteiger partial charge in [-0.2, -0.15) is 11.8 Å². The molecule has 1 N–H and O–H groups in total. The summed E-state index contributed by atoms with van der Waals surface area (Å²) in [6.07, 6.45) is 5.04. The van der Waals surface area contributed by atoms with Gasteiger partial charge >= 0.3 is 0 Å². The predicted octanol–water partition coefficient (Wildman–Crippen LogP) is 3.04. The number of carbonyl (C=O) groups is 1. The summed E-state index contributed by atoms with van der Waals surface area (Å²) in [6, 6.07) is 6.15. The Labute approximate surface area is 160 Å². The quantitative estimate of drug-likeness (QED) is 0.825. The van der Waals surface area contributed by atoms with Crippen LogP contribution in [0.5, 0.6) is 11.5 Å². The number of rotatable bonds is 6. The highest BCUT2D eigenvalue weighted by molar-refractivity contribution is 7.99. The number of benzene rings is 1. The second kappa shape index (κ2) is 9.51. The van der Waals surface area contributed by atoms with Gasteiger partial charge in [-0.05, 0) is 61.8 Å². The summed E-state index contributed by atoms with van der Waals surface area (Å²) >= 11 is 2.08. The van der Waals surface area contributed by atoms with Gasteiger partial charge < -0.3 is 14.8 Å². The topological polar surface area (TPSA) is 50.8 Å². The van der Waals surface area contributed by atoms with Gasteiger partial charge in [0.05, 0.1) is 19.8 Å². The van der Waals surface area contributed by atoms with Crippen molar-refractivity contribution in [3.05, 3.63) is 23.8 Å². The lowest BCUT2D eigenvalue weighted by atomic mass is 9.95. The summed E-state index contributed by atoms with van der Waals surface area (Å²) in [5, 5.41) is 3.11. The highest BCUT2D eigenvalue weighted by atomic mass is 32.2. The third-order valence-corrected chi connectivity index (χ3v) is 6.51. The molecule has 6 heteroatoms. The highest BCUT2D eigenvalue weighted by Gasteiger charge is 2.27. The van der Waals surface area contributed by atoms with E-state index in [1.54, 1.807) is 26.4 Å². The first-order valence-electron chi connectivity index (χ1n) is 9.54. The van der Waals surface area contributed by atoms with E-state index in [2.05, 4.69) is 22.0 Å². The second-order valence-corrected chi connectivity index (χ2v) is 8.32. The van der Waals surface area contributed by atoms with Crippen molar-refractivity contribution < 1.29 is 14.3 Å². The SMILES string of the molecule is COc1cccc(C(=O)NC[C@H]2CCCN(C3CCSCC3)C2)c1OC. The minimum absolute atomic E-state index is 0.0908. The zero-order valence-electron chi connectivity index (χ0n) is 15.8. The maximum absolute atomic E-state index is 12.7. The molecule has 0 saturated carbocycles. The molecule has 2 fully saturated rings. The van der Waals surface area contributed by atoms with Crippen LogP contribution in [0.25, 0.3) is 0 Å². The van der Waals surface area contributed by atoms with Crippen LogP contribution in [0.3, 0.4) is 0 Å². The fourth-order valence-corrected chi connectivity index (χ4v) is 5.13. The van der Waals surface area contributed by atoms with Crippen molar-refractivity contribution in [3.8, 4) is 11.5 Å². The number of nitrogens with one attached hydrogen (secondary N) is 1. The molecule has 1 amide bonds. The average Bonchev–Trinajstić information content (AvgIpc) is 2.72. The third kappa shape index (κ3) is 4.65. The van der Waals surface area contributed by atoms with E-state index in [-0.39, 0.29) is 5.91 Å². The Kier molecular flexibility index (Phi) is 7.08. The molecule has 0 aliphatic carbocycles. The Morgan fingerprint density at radius 2 is 2.04 bits per heavy atom. The molecule has 0 spiro atoms. The van der Waals surface area contributed by atoms with Crippen LogP contribution in [0.1, 0.15) is 36.0 Å². The van der Waals surface area contributed by atoms with Crippen molar-refractivity contribution in [1.82, 2.24) is 10.2 Å². The van der Waals surface area contributed by atoms with E-state index in [9.17, 15) is 4.79 Å². The van der Waals surface area contributed by atoms with Crippen LogP contribution in [0.4, 0.5) is 0 Å². The Morgan fingerprint density at radius 1 is 1.23 bits per heavy atom. The first kappa shape index (κ1) is 19.4. The molecule has 1 aromatic carbocycles. The number of nitrogens with zero attached hydrogens (tertiary/aromatic N) is 1. The van der Waals surface area contributed by atoms with Crippen LogP contribution < -0.4 is 14.8 Å². The van der Waals surface area contributed by atoms with E-state index in [0.717, 1.165) is 19.1 Å². The highest BCUT2D eigenvalue weighted by Crippen LogP contribution is 2.31. The molecule has 2 saturated heterocycles. The van der Waals surface area contributed by atoms with E-state index in [4.69, 9.17) is 9.47 Å². The summed E-state index contributed by atoms with van der Waals surface area (Å²) in [7, 11) is 3.15. The molecule has 2 aliphatic heterocycles. The van der Waals surface area contributed by atoms with Gasteiger partial charge in [0.2, 0.25) is 0 Å². The van der Waals surface area contributed by atoms with Crippen LogP contribution in [0.15, 0.2) is 18.2 Å². The largest absolute Gasteiger partial charge is 0.493 e. The molecule has 2 heterocycles. The zero-order chi connectivity index (χ0) is 18.4. The summed E-state index contributed by atoms with van der Waals surface area (Å²) in [5.74, 6) is 4.10. The Morgan fingerprint density at radius 3 is 2.77 bits per heavy atom. The van der Waals surface area contributed by atoms with Crippen molar-refractivity contribution in [2.75, 3.05) is 45.4 Å². The van der Waals surface area contributed by atoms with E-state index < -0.39 is 0 Å². The van der Waals surface area contributed by atoms with Crippen molar-refractivity contribution in [2.24, 2.45) is 5.92 Å². The molecule has 0 bridgehead atoms. The van der Waals surface area contributed by atoms with Gasteiger partial charge in [-0.1, -0.05) is 6.07 Å². The van der Waals surface area contributed by atoms with Crippen molar-refractivity contribution in [2.45, 2.75) is 31.7 Å². The summed E-state index contributed by atoms with van der Waals surface area (Å²) < 4.78 is 10.7. The lowest BCUT2D eigenvalue weighted by Gasteiger charge is -2.40. The molecular weight excluding hydrogens is 348 g/mol. The van der Waals surface area contributed by atoms with Gasteiger partial charge in [0.1, 0.15) is 0 Å². The number of carbonyl (C=O) groups excluding carboxylic acids is 1. The molecule has 5 nitrogen and oxygen atoms in total. The number of amides is 1. The van der Waals surface area contributed by atoms with E-state index >= 15 is 0 Å². The molecule has 26 heavy (non-hydrogen) atoms. The second-order valence-electron chi connectivity index (χ2n) is 7.10. The van der Waals surface area contributed by atoms with Crippen LogP contribution in [-0.4, -0.2) is 62.2 Å². The number of piperidine rings is 1. The molecule has 1 aromatic rings. The van der Waals surface area contributed by atoms with Gasteiger partial charge in [-0.15, -0.1) is 0 Å². The predicted molar refractivity (Wildman–Crippen MR) is 107 cm³/mol. The number of methoxy groups -OCH3 is 2. The van der Waals surface area contributed by atoms with Crippen LogP contribution in [-0.2, 0) is 0 Å². The standard InChI is InChI=1S/C20H30N2O3S/c1-24-18-7-3-6-17(19(18)25-2)20(23)21-13-15-5-4-10-22(14-15)16-8-11-26-12-9-16/h3,6-7,15-16H,4-5,8-14H2,1-2H3,(H,21,23)/t15-/m1/s1. The summed E-state index contributed by atoms with van der Waals surface area (Å²) in [4.78, 5) is 15.3. The summed E-state index contributed by atoms with van der Waals surface area (Å²) in [5.41, 5.74) is 0.531. The minimum Gasteiger partial charge on any atom is -0.493 e. The van der Waals surface area contributed by atoms with Crippen molar-refractivity contribution in [1.29, 1.82) is 0 Å². The Hall–Kier alpha value is -1.40. The van der Waals surface area contributed by atoms with E-state index in [0.29, 0.717) is 23.0 Å². The molecule has 0 unspecified atom stereocenters. The van der Waals surface area contributed by atoms with E-state index in [1.807, 2.05) is 6.07 Å². The monoisotopic (exact) mass is 378 g/mol. The summed E-state index contributed by atoms with van der Waals surface area (Å²) in [6.45, 7) is 3.03. The van der Waals surface area contributed by atoms with Crippen LogP contribution >= 0.6 is 11.8 Å². The average molecular weight is 379 g/mol. The third-order valence-electron chi connectivity index (χ3n) is 5.46. The number of hydrogen-bond donors (Lipinski definition) is 1. The number of para-hydroxylation sites is 1. The van der Waals surface area contributed by atoms with Gasteiger partial charge in [0.25, 0.3) is 5.91 Å². The number of thioether (sulfide) groups is 1. The van der Waals surface area contributed by atoms with Crippen LogP contribution in [0.2, 0.25) is 0 Å². The molecule has 3 rings (SSSR count). The Balaban J connectivity index is 1.56. The maximum atomic E-state index is 12.7. The smallest absolute Gasteiger partial charge is 0.255 e. The fourth-order valence-electron chi connectivity index (χ4n) is 4.04. The molecule has 1 atom stereocenters. The minimum atomic E-state index is -0.0908. The number of hydrogen-bond acceptors (Lipinski definition) is 5. The Bertz CT molecular complexity index is 605. The van der Waals surface area contributed by atoms with E-state index in [1.165, 1.54) is 43.7 Å². The zero-order valence-corrected chi connectivity index (χ0v) is 16.6. The molecular formula is C20H30N2O3S. The van der Waals surface area contributed by atoms with Crippen LogP contribution in [0, 0.1) is 5.92 Å². The van der Waals surface area contributed by atoms with Gasteiger partial charge in [-0.25, -0.2) is 0 Å². The lowest BCUT2D eigenvalue weighted by molar-refractivity contribution is 0.0901. The van der Waals surface area contributed by atoms with Gasteiger partial charge in [-0.3, -0.25) is 9.69 Å². The lowest BCUT2D eigenvalue weighted by Crippen LogP contribution is -2.46. The molecule has 0 aromatic heterocycles. The molecule has 0 radical (unpaired) electrons. The first-order valence-corrected chi connectivity index (χ1v) is 10.7. The molecule has 144 valence electrons. The van der Waals surface area contributed by atoms with Crippen molar-refractivity contribution in [3.63, 3.8) is 0 Å². The maximum Gasteiger partial charge on any atom is 0.255 e. The van der Waals surface area contributed by atoms with Crippen molar-refractivity contribution >= 4 is 17.7 Å². The first-order chi connectivity index (χ1) is 12.7.